The second-order valence-corrected chi connectivity index (χ2v) is 24.1. The Kier molecular flexibility index (Phi) is 13.5. The van der Waals surface area contributed by atoms with Crippen LogP contribution in [0.4, 0.5) is 4.79 Å². The quantitative estimate of drug-likeness (QED) is 0.199. The van der Waals surface area contributed by atoms with E-state index in [2.05, 4.69) is 80.0 Å². The van der Waals surface area contributed by atoms with Crippen LogP contribution in [0.3, 0.4) is 0 Å². The molecule has 2 rings (SSSR count). The highest BCUT2D eigenvalue weighted by molar-refractivity contribution is 6.74. The van der Waals surface area contributed by atoms with Crippen molar-refractivity contribution in [1.29, 1.82) is 0 Å². The van der Waals surface area contributed by atoms with E-state index < -0.39 is 28.8 Å². The summed E-state index contributed by atoms with van der Waals surface area (Å²) in [5.41, 5.74) is 2.00. The molecular weight excluding hydrogens is 575 g/mol. The molecule has 2 aromatic carbocycles. The van der Waals surface area contributed by atoms with Gasteiger partial charge in [0, 0.05) is 5.92 Å². The summed E-state index contributed by atoms with van der Waals surface area (Å²) in [4.78, 5) is 13.2. The number of benzene rings is 2. The topological polar surface area (TPSA) is 75.3 Å². The lowest BCUT2D eigenvalue weighted by molar-refractivity contribution is 0.00635. The number of hydrogen-bond acceptors (Lipinski definition) is 6. The summed E-state index contributed by atoms with van der Waals surface area (Å²) in [7, 11) is -2.71. The number of hydrogen-bond donors (Lipinski definition) is 1. The molecular formula is C34H57NO6Si2. The van der Waals surface area contributed by atoms with Gasteiger partial charge >= 0.3 is 6.09 Å². The Hall–Kier alpha value is -2.18. The number of alkyl carbamates (subject to hydrolysis) is 1. The minimum Gasteiger partial charge on any atom is -0.497 e. The van der Waals surface area contributed by atoms with Gasteiger partial charge in [-0.05, 0) is 59.5 Å². The fourth-order valence-corrected chi connectivity index (χ4v) is 6.40. The second kappa shape index (κ2) is 15.7. The van der Waals surface area contributed by atoms with Crippen molar-refractivity contribution in [3.05, 3.63) is 65.7 Å². The molecule has 1 N–H and O–H groups in total. The summed E-state index contributed by atoms with van der Waals surface area (Å²) in [6.07, 6.45) is -0.825. The van der Waals surface area contributed by atoms with Gasteiger partial charge < -0.3 is 28.4 Å². The maximum absolute atomic E-state index is 13.2. The van der Waals surface area contributed by atoms with Gasteiger partial charge in [0.2, 0.25) is 0 Å². The third-order valence-corrected chi connectivity index (χ3v) is 17.9. The highest BCUT2D eigenvalue weighted by Crippen LogP contribution is 2.40. The average Bonchev–Trinajstić information content (AvgIpc) is 2.92. The van der Waals surface area contributed by atoms with Crippen LogP contribution < -0.4 is 10.1 Å². The predicted octanol–water partition coefficient (Wildman–Crippen LogP) is 8.56. The van der Waals surface area contributed by atoms with E-state index in [-0.39, 0.29) is 28.7 Å². The summed E-state index contributed by atoms with van der Waals surface area (Å²) < 4.78 is 30.9. The zero-order valence-electron chi connectivity index (χ0n) is 28.7. The molecule has 0 saturated carbocycles. The van der Waals surface area contributed by atoms with Crippen LogP contribution in [-0.2, 0) is 31.5 Å². The number of nitrogens with one attached hydrogen (secondary N) is 1. The van der Waals surface area contributed by atoms with Gasteiger partial charge in [0.15, 0.2) is 16.6 Å². The van der Waals surface area contributed by atoms with Gasteiger partial charge in [-0.2, -0.15) is 0 Å². The van der Waals surface area contributed by atoms with Crippen molar-refractivity contribution in [3.63, 3.8) is 0 Å². The van der Waals surface area contributed by atoms with E-state index in [1.807, 2.05) is 54.6 Å². The highest BCUT2D eigenvalue weighted by atomic mass is 28.4. The summed E-state index contributed by atoms with van der Waals surface area (Å²) in [6, 6.07) is 17.2. The summed E-state index contributed by atoms with van der Waals surface area (Å²) >= 11 is 0. The third kappa shape index (κ3) is 11.7. The van der Waals surface area contributed by atoms with Crippen molar-refractivity contribution in [2.75, 3.05) is 20.3 Å². The lowest BCUT2D eigenvalue weighted by Crippen LogP contribution is -2.57. The third-order valence-electron chi connectivity index (χ3n) is 8.95. The molecule has 0 saturated heterocycles. The normalized spacial score (nSPS) is 15.0. The molecule has 0 aromatic heterocycles. The maximum atomic E-state index is 13.2. The highest BCUT2D eigenvalue weighted by Gasteiger charge is 2.44. The van der Waals surface area contributed by atoms with Crippen LogP contribution >= 0.6 is 0 Å². The zero-order valence-corrected chi connectivity index (χ0v) is 30.7. The molecule has 0 aliphatic carbocycles. The van der Waals surface area contributed by atoms with Gasteiger partial charge in [0.25, 0.3) is 0 Å². The smallest absolute Gasteiger partial charge is 0.407 e. The molecule has 0 aliphatic rings. The summed E-state index contributed by atoms with van der Waals surface area (Å²) in [5, 5.41) is 3.15. The molecule has 0 bridgehead atoms. The first-order chi connectivity index (χ1) is 19.9. The number of carbonyl (C=O) groups excluding carboxylic acids is 1. The van der Waals surface area contributed by atoms with Crippen LogP contribution in [0.1, 0.15) is 59.6 Å². The molecule has 0 spiro atoms. The lowest BCUT2D eigenvalue weighted by Gasteiger charge is -2.44. The van der Waals surface area contributed by atoms with Crippen LogP contribution in [0, 0.1) is 5.92 Å². The summed E-state index contributed by atoms with van der Waals surface area (Å²) in [5.74, 6) is 0.782. The van der Waals surface area contributed by atoms with Gasteiger partial charge in [0.1, 0.15) is 12.4 Å². The van der Waals surface area contributed by atoms with Crippen molar-refractivity contribution in [1.82, 2.24) is 5.32 Å². The summed E-state index contributed by atoms with van der Waals surface area (Å²) in [6.45, 7) is 25.8. The van der Waals surface area contributed by atoms with E-state index in [1.165, 1.54) is 0 Å². The lowest BCUT2D eigenvalue weighted by atomic mass is 9.99. The second-order valence-electron chi connectivity index (χ2n) is 14.6. The Morgan fingerprint density at radius 3 is 1.88 bits per heavy atom. The minimum absolute atomic E-state index is 0.0203. The SMILES string of the molecule is COc1ccc(COC[C@@H](C)[C@@H](O[Si](C)(C)C(C)(C)C)[C@@H](CO[Si](C)(C)C(C)(C)C)NC(=O)OCc2ccccc2)cc1. The van der Waals surface area contributed by atoms with Gasteiger partial charge in [-0.15, -0.1) is 0 Å². The van der Waals surface area contributed by atoms with Gasteiger partial charge in [0.05, 0.1) is 39.1 Å². The molecule has 0 heterocycles. The Morgan fingerprint density at radius 1 is 0.791 bits per heavy atom. The average molecular weight is 632 g/mol. The standard InChI is InChI=1S/C34H57NO6Si2/c1-26(22-38-23-28-18-20-29(37-8)21-19-28)31(41-43(11,12)34(5,6)7)30(25-40-42(9,10)33(2,3)4)35-32(36)39-24-27-16-14-13-15-17-27/h13-21,26,30-31H,22-25H2,1-12H3,(H,35,36)/t26-,30-,31-/m1/s1. The van der Waals surface area contributed by atoms with Crippen LogP contribution in [0.2, 0.25) is 36.3 Å². The molecule has 43 heavy (non-hydrogen) atoms. The van der Waals surface area contributed by atoms with Crippen LogP contribution in [0.15, 0.2) is 54.6 Å². The zero-order chi connectivity index (χ0) is 32.5. The van der Waals surface area contributed by atoms with Gasteiger partial charge in [-0.1, -0.05) is 90.9 Å². The van der Waals surface area contributed by atoms with E-state index >= 15 is 0 Å². The molecule has 242 valence electrons. The van der Waals surface area contributed by atoms with Crippen LogP contribution in [-0.4, -0.2) is 55.2 Å². The van der Waals surface area contributed by atoms with Crippen molar-refractivity contribution >= 4 is 22.7 Å². The first-order valence-electron chi connectivity index (χ1n) is 15.4. The van der Waals surface area contributed by atoms with Crippen LogP contribution in [0.5, 0.6) is 5.75 Å². The van der Waals surface area contributed by atoms with E-state index in [9.17, 15) is 4.79 Å². The Balaban J connectivity index is 2.30. The molecule has 0 unspecified atom stereocenters. The van der Waals surface area contributed by atoms with Gasteiger partial charge in [-0.25, -0.2) is 4.79 Å². The van der Waals surface area contributed by atoms with E-state index in [1.54, 1.807) is 7.11 Å². The number of methoxy groups -OCH3 is 1. The first kappa shape index (κ1) is 37.0. The number of carbonyl (C=O) groups is 1. The van der Waals surface area contributed by atoms with Crippen molar-refractivity contribution in [3.8, 4) is 5.75 Å². The molecule has 0 aliphatic heterocycles. The molecule has 0 fully saturated rings. The molecule has 2 aromatic rings. The first-order valence-corrected chi connectivity index (χ1v) is 21.2. The fourth-order valence-electron chi connectivity index (χ4n) is 3.94. The molecule has 0 radical (unpaired) electrons. The number of rotatable bonds is 15. The van der Waals surface area contributed by atoms with Gasteiger partial charge in [-0.3, -0.25) is 0 Å². The van der Waals surface area contributed by atoms with Crippen molar-refractivity contribution in [2.45, 2.75) is 110 Å². The molecule has 9 heteroatoms. The molecule has 7 nitrogen and oxygen atoms in total. The van der Waals surface area contributed by atoms with E-state index in [0.29, 0.717) is 19.8 Å². The van der Waals surface area contributed by atoms with Crippen LogP contribution in [0.25, 0.3) is 0 Å². The molecule has 3 atom stereocenters. The Morgan fingerprint density at radius 2 is 1.35 bits per heavy atom. The molecule has 1 amide bonds. The fraction of sp³-hybridized carbons (Fsp3) is 0.618. The monoisotopic (exact) mass is 631 g/mol. The number of amides is 1. The minimum atomic E-state index is -2.25. The Labute approximate surface area is 263 Å². The maximum Gasteiger partial charge on any atom is 0.407 e. The Bertz CT molecular complexity index is 1110. The largest absolute Gasteiger partial charge is 0.497 e. The van der Waals surface area contributed by atoms with E-state index in [0.717, 1.165) is 16.9 Å². The van der Waals surface area contributed by atoms with E-state index in [4.69, 9.17) is 23.1 Å². The van der Waals surface area contributed by atoms with Crippen molar-refractivity contribution < 1.29 is 27.9 Å². The predicted molar refractivity (Wildman–Crippen MR) is 181 cm³/mol. The number of ether oxygens (including phenoxy) is 3. The van der Waals surface area contributed by atoms with Crippen molar-refractivity contribution in [2.24, 2.45) is 5.92 Å².